The van der Waals surface area contributed by atoms with Crippen molar-refractivity contribution in [2.45, 2.75) is 13.3 Å². The second kappa shape index (κ2) is 6.88. The lowest BCUT2D eigenvalue weighted by molar-refractivity contribution is -0.137. The maximum absolute atomic E-state index is 11.2. The minimum atomic E-state index is -1.50. The molecule has 1 aromatic carbocycles. The fraction of sp³-hybridized carbons (Fsp3) is 0.250. The number of hydrogen-bond donors (Lipinski definition) is 2. The molecule has 1 rings (SSSR count). The third-order valence-electron chi connectivity index (χ3n) is 2.07. The van der Waals surface area contributed by atoms with Crippen LogP contribution in [-0.2, 0) is 9.53 Å². The largest absolute Gasteiger partial charge is 0.488 e. The van der Waals surface area contributed by atoms with Crippen LogP contribution in [0.25, 0.3) is 6.08 Å². The highest BCUT2D eigenvalue weighted by atomic mass is 16.5. The predicted octanol–water partition coefficient (Wildman–Crippen LogP) is 0.333. The number of hydrogen-bond acceptors (Lipinski definition) is 4. The molecule has 4 nitrogen and oxygen atoms in total. The molecule has 0 amide bonds. The molecule has 17 heavy (non-hydrogen) atoms. The molecule has 0 saturated heterocycles. The minimum Gasteiger partial charge on any atom is -0.463 e. The van der Waals surface area contributed by atoms with Crippen molar-refractivity contribution in [2.75, 3.05) is 6.61 Å². The number of esters is 1. The first-order chi connectivity index (χ1) is 8.13. The summed E-state index contributed by atoms with van der Waals surface area (Å²) < 4.78 is 4.87. The lowest BCUT2D eigenvalue weighted by atomic mass is 9.79. The van der Waals surface area contributed by atoms with Crippen LogP contribution in [0.15, 0.2) is 30.3 Å². The SMILES string of the molecule is CCCOC(=O)C=Cc1cccc(B(O)O)c1. The van der Waals surface area contributed by atoms with Crippen LogP contribution in [0.3, 0.4) is 0 Å². The van der Waals surface area contributed by atoms with Gasteiger partial charge in [0.2, 0.25) is 0 Å². The highest BCUT2D eigenvalue weighted by Gasteiger charge is 2.09. The molecule has 1 aromatic rings. The van der Waals surface area contributed by atoms with E-state index in [0.29, 0.717) is 17.6 Å². The molecule has 0 saturated carbocycles. The molecule has 0 fully saturated rings. The smallest absolute Gasteiger partial charge is 0.463 e. The Hall–Kier alpha value is -1.59. The molecule has 0 aliphatic heterocycles. The first-order valence-electron chi connectivity index (χ1n) is 5.44. The van der Waals surface area contributed by atoms with Gasteiger partial charge in [-0.1, -0.05) is 31.2 Å². The third-order valence-corrected chi connectivity index (χ3v) is 2.07. The van der Waals surface area contributed by atoms with Crippen molar-refractivity contribution < 1.29 is 19.6 Å². The van der Waals surface area contributed by atoms with Crippen molar-refractivity contribution in [1.29, 1.82) is 0 Å². The molecule has 0 aromatic heterocycles. The van der Waals surface area contributed by atoms with Crippen LogP contribution in [0.5, 0.6) is 0 Å². The summed E-state index contributed by atoms with van der Waals surface area (Å²) in [5.74, 6) is -0.401. The van der Waals surface area contributed by atoms with E-state index in [1.807, 2.05) is 6.92 Å². The quantitative estimate of drug-likeness (QED) is 0.437. The van der Waals surface area contributed by atoms with Crippen molar-refractivity contribution in [3.05, 3.63) is 35.9 Å². The van der Waals surface area contributed by atoms with Gasteiger partial charge in [-0.3, -0.25) is 0 Å². The van der Waals surface area contributed by atoms with E-state index in [0.717, 1.165) is 6.42 Å². The van der Waals surface area contributed by atoms with Crippen LogP contribution < -0.4 is 5.46 Å². The number of carbonyl (C=O) groups excluding carboxylic acids is 1. The Morgan fingerprint density at radius 3 is 2.88 bits per heavy atom. The summed E-state index contributed by atoms with van der Waals surface area (Å²) in [6.45, 7) is 2.32. The first kappa shape index (κ1) is 13.5. The summed E-state index contributed by atoms with van der Waals surface area (Å²) in [6, 6.07) is 6.63. The summed E-state index contributed by atoms with van der Waals surface area (Å²) in [5.41, 5.74) is 1.10. The molecule has 0 bridgehead atoms. The van der Waals surface area contributed by atoms with E-state index in [1.54, 1.807) is 30.3 Å². The molecular formula is C12H15BO4. The van der Waals surface area contributed by atoms with Crippen molar-refractivity contribution in [3.63, 3.8) is 0 Å². The molecular weight excluding hydrogens is 219 g/mol. The fourth-order valence-electron chi connectivity index (χ4n) is 1.24. The molecule has 0 spiro atoms. The zero-order valence-electron chi connectivity index (χ0n) is 9.67. The summed E-state index contributed by atoms with van der Waals surface area (Å²) in [7, 11) is -1.50. The predicted molar refractivity (Wildman–Crippen MR) is 66.6 cm³/mol. The number of rotatable bonds is 5. The van der Waals surface area contributed by atoms with E-state index in [-0.39, 0.29) is 0 Å². The first-order valence-corrected chi connectivity index (χ1v) is 5.44. The lowest BCUT2D eigenvalue weighted by Gasteiger charge is -2.00. The van der Waals surface area contributed by atoms with E-state index >= 15 is 0 Å². The average molecular weight is 234 g/mol. The molecule has 0 heterocycles. The Bertz CT molecular complexity index is 401. The van der Waals surface area contributed by atoms with Gasteiger partial charge in [-0.25, -0.2) is 4.79 Å². The van der Waals surface area contributed by atoms with Crippen molar-refractivity contribution in [3.8, 4) is 0 Å². The van der Waals surface area contributed by atoms with E-state index in [2.05, 4.69) is 0 Å². The Morgan fingerprint density at radius 2 is 2.24 bits per heavy atom. The van der Waals surface area contributed by atoms with E-state index < -0.39 is 13.1 Å². The monoisotopic (exact) mass is 234 g/mol. The molecule has 5 heteroatoms. The van der Waals surface area contributed by atoms with Gasteiger partial charge in [-0.15, -0.1) is 0 Å². The van der Waals surface area contributed by atoms with Gasteiger partial charge in [0.25, 0.3) is 0 Å². The second-order valence-corrected chi connectivity index (χ2v) is 3.54. The molecule has 2 N–H and O–H groups in total. The summed E-state index contributed by atoms with van der Waals surface area (Å²) in [4.78, 5) is 11.2. The zero-order valence-corrected chi connectivity index (χ0v) is 9.67. The molecule has 0 aliphatic carbocycles. The van der Waals surface area contributed by atoms with Crippen LogP contribution in [0.2, 0.25) is 0 Å². The molecule has 0 radical (unpaired) electrons. The second-order valence-electron chi connectivity index (χ2n) is 3.54. The van der Waals surface area contributed by atoms with E-state index in [9.17, 15) is 4.79 Å². The van der Waals surface area contributed by atoms with Crippen LogP contribution in [0, 0.1) is 0 Å². The number of carbonyl (C=O) groups is 1. The maximum Gasteiger partial charge on any atom is 0.488 e. The van der Waals surface area contributed by atoms with Crippen molar-refractivity contribution >= 4 is 24.6 Å². The summed E-state index contributed by atoms with van der Waals surface area (Å²) in [5, 5.41) is 18.0. The minimum absolute atomic E-state index is 0.383. The van der Waals surface area contributed by atoms with Crippen LogP contribution in [-0.4, -0.2) is 29.7 Å². The zero-order chi connectivity index (χ0) is 12.7. The van der Waals surface area contributed by atoms with Gasteiger partial charge in [0, 0.05) is 6.08 Å². The van der Waals surface area contributed by atoms with Crippen molar-refractivity contribution in [2.24, 2.45) is 0 Å². The Labute approximate surface area is 101 Å². The molecule has 0 unspecified atom stereocenters. The van der Waals surface area contributed by atoms with Gasteiger partial charge in [0.05, 0.1) is 6.61 Å². The normalized spacial score (nSPS) is 10.5. The van der Waals surface area contributed by atoms with Crippen LogP contribution in [0.4, 0.5) is 0 Å². The van der Waals surface area contributed by atoms with Gasteiger partial charge in [-0.2, -0.15) is 0 Å². The van der Waals surface area contributed by atoms with E-state index in [1.165, 1.54) is 6.08 Å². The maximum atomic E-state index is 11.2. The Morgan fingerprint density at radius 1 is 1.47 bits per heavy atom. The van der Waals surface area contributed by atoms with Gasteiger partial charge < -0.3 is 14.8 Å². The van der Waals surface area contributed by atoms with Gasteiger partial charge in [0.1, 0.15) is 0 Å². The average Bonchev–Trinajstić information content (AvgIpc) is 2.34. The number of ether oxygens (including phenoxy) is 1. The Balaban J connectivity index is 2.64. The number of benzene rings is 1. The lowest BCUT2D eigenvalue weighted by Crippen LogP contribution is -2.29. The van der Waals surface area contributed by atoms with Crippen LogP contribution >= 0.6 is 0 Å². The van der Waals surface area contributed by atoms with Crippen molar-refractivity contribution in [1.82, 2.24) is 0 Å². The van der Waals surface area contributed by atoms with Gasteiger partial charge >= 0.3 is 13.1 Å². The molecule has 0 aliphatic rings. The standard InChI is InChI=1S/C12H15BO4/c1-2-8-17-12(14)7-6-10-4-3-5-11(9-10)13(15)16/h3-7,9,15-16H,2,8H2,1H3. The third kappa shape index (κ3) is 4.84. The Kier molecular flexibility index (Phi) is 5.46. The summed E-state index contributed by atoms with van der Waals surface area (Å²) in [6.07, 6.45) is 3.67. The fourth-order valence-corrected chi connectivity index (χ4v) is 1.24. The van der Waals surface area contributed by atoms with E-state index in [4.69, 9.17) is 14.8 Å². The van der Waals surface area contributed by atoms with Gasteiger partial charge in [-0.05, 0) is 23.5 Å². The topological polar surface area (TPSA) is 66.8 Å². The highest BCUT2D eigenvalue weighted by Crippen LogP contribution is 2.00. The highest BCUT2D eigenvalue weighted by molar-refractivity contribution is 6.58. The van der Waals surface area contributed by atoms with Crippen LogP contribution in [0.1, 0.15) is 18.9 Å². The molecule has 0 atom stereocenters. The summed E-state index contributed by atoms with van der Waals surface area (Å²) >= 11 is 0. The molecule has 90 valence electrons. The van der Waals surface area contributed by atoms with Gasteiger partial charge in [0.15, 0.2) is 0 Å².